The number of amides is 1. The molecular weight excluding hydrogens is 520 g/mol. The van der Waals surface area contributed by atoms with Crippen LogP contribution in [0.5, 0.6) is 28.7 Å². The number of fused-ring (bicyclic) bond motifs is 1. The van der Waals surface area contributed by atoms with E-state index in [9.17, 15) is 9.90 Å². The Kier molecular flexibility index (Phi) is 8.16. The van der Waals surface area contributed by atoms with Crippen molar-refractivity contribution in [3.05, 3.63) is 76.8 Å². The van der Waals surface area contributed by atoms with Crippen molar-refractivity contribution in [2.75, 3.05) is 40.4 Å². The zero-order valence-electron chi connectivity index (χ0n) is 22.1. The molecule has 2 aliphatic rings. The third-order valence-corrected chi connectivity index (χ3v) is 7.48. The number of carbonyl (C=O) groups is 1. The first-order chi connectivity index (χ1) is 18.9. The van der Waals surface area contributed by atoms with Gasteiger partial charge in [0.2, 0.25) is 0 Å². The van der Waals surface area contributed by atoms with Crippen LogP contribution in [-0.4, -0.2) is 68.0 Å². The van der Waals surface area contributed by atoms with Crippen molar-refractivity contribution in [1.29, 1.82) is 0 Å². The average molecular weight is 553 g/mol. The Bertz CT molecular complexity index is 1310. The second kappa shape index (κ2) is 11.7. The van der Waals surface area contributed by atoms with E-state index in [2.05, 4.69) is 10.2 Å². The number of hydrogen-bond acceptors (Lipinski definition) is 7. The summed E-state index contributed by atoms with van der Waals surface area (Å²) in [6, 6.07) is 18.0. The van der Waals surface area contributed by atoms with Gasteiger partial charge < -0.3 is 34.3 Å². The highest BCUT2D eigenvalue weighted by Crippen LogP contribution is 2.42. The summed E-state index contributed by atoms with van der Waals surface area (Å²) in [5.74, 6) is 2.84. The Morgan fingerprint density at radius 2 is 1.79 bits per heavy atom. The van der Waals surface area contributed by atoms with E-state index in [-0.39, 0.29) is 18.1 Å². The molecule has 0 bridgehead atoms. The van der Waals surface area contributed by atoms with E-state index in [1.54, 1.807) is 56.6 Å². The molecule has 9 heteroatoms. The first-order valence-corrected chi connectivity index (χ1v) is 13.4. The van der Waals surface area contributed by atoms with E-state index in [1.165, 1.54) is 0 Å². The van der Waals surface area contributed by atoms with Crippen LogP contribution in [0.25, 0.3) is 0 Å². The molecule has 1 amide bonds. The smallest absolute Gasteiger partial charge is 0.254 e. The molecule has 1 spiro atoms. The Morgan fingerprint density at radius 3 is 2.51 bits per heavy atom. The number of aliphatic hydroxyl groups is 1. The summed E-state index contributed by atoms with van der Waals surface area (Å²) in [6.07, 6.45) is 1.87. The van der Waals surface area contributed by atoms with Crippen molar-refractivity contribution in [2.24, 2.45) is 0 Å². The fraction of sp³-hybridized carbons (Fsp3) is 0.367. The van der Waals surface area contributed by atoms with E-state index in [1.807, 2.05) is 18.2 Å². The summed E-state index contributed by atoms with van der Waals surface area (Å²) in [5.41, 5.74) is 1.33. The minimum Gasteiger partial charge on any atom is -0.497 e. The van der Waals surface area contributed by atoms with Gasteiger partial charge in [-0.05, 0) is 60.2 Å². The molecule has 206 valence electrons. The Labute approximate surface area is 233 Å². The van der Waals surface area contributed by atoms with Crippen LogP contribution >= 0.6 is 11.6 Å². The van der Waals surface area contributed by atoms with Gasteiger partial charge in [-0.2, -0.15) is 0 Å². The summed E-state index contributed by atoms with van der Waals surface area (Å²) in [7, 11) is 3.17. The maximum Gasteiger partial charge on any atom is 0.254 e. The fourth-order valence-electron chi connectivity index (χ4n) is 5.15. The lowest BCUT2D eigenvalue weighted by atomic mass is 9.87. The summed E-state index contributed by atoms with van der Waals surface area (Å²) >= 11 is 6.16. The molecule has 3 aromatic carbocycles. The number of rotatable bonds is 9. The van der Waals surface area contributed by atoms with Crippen LogP contribution in [0.3, 0.4) is 0 Å². The molecule has 1 atom stereocenters. The van der Waals surface area contributed by atoms with Crippen molar-refractivity contribution < 1.29 is 28.8 Å². The second-order valence-electron chi connectivity index (χ2n) is 9.99. The molecule has 1 fully saturated rings. The highest BCUT2D eigenvalue weighted by atomic mass is 35.5. The molecule has 2 heterocycles. The molecule has 2 aliphatic heterocycles. The predicted octanol–water partition coefficient (Wildman–Crippen LogP) is 4.71. The quantitative estimate of drug-likeness (QED) is 0.397. The van der Waals surface area contributed by atoms with Gasteiger partial charge in [0.25, 0.3) is 5.91 Å². The Morgan fingerprint density at radius 1 is 1.08 bits per heavy atom. The molecule has 8 nitrogen and oxygen atoms in total. The maximum absolute atomic E-state index is 12.4. The lowest BCUT2D eigenvalue weighted by Crippen LogP contribution is -2.49. The molecule has 1 saturated heterocycles. The molecule has 39 heavy (non-hydrogen) atoms. The number of ether oxygens (including phenoxy) is 4. The molecular formula is C30H33ClN2O6. The van der Waals surface area contributed by atoms with Gasteiger partial charge in [-0.1, -0.05) is 11.6 Å². The van der Waals surface area contributed by atoms with Crippen LogP contribution in [0.1, 0.15) is 28.8 Å². The zero-order chi connectivity index (χ0) is 27.4. The largest absolute Gasteiger partial charge is 0.497 e. The molecule has 3 aromatic rings. The van der Waals surface area contributed by atoms with E-state index >= 15 is 0 Å². The van der Waals surface area contributed by atoms with E-state index < -0.39 is 6.10 Å². The van der Waals surface area contributed by atoms with Crippen LogP contribution in [-0.2, 0) is 6.42 Å². The van der Waals surface area contributed by atoms with E-state index in [4.69, 9.17) is 30.5 Å². The summed E-state index contributed by atoms with van der Waals surface area (Å²) in [5, 5.41) is 14.1. The third-order valence-electron chi connectivity index (χ3n) is 7.25. The number of hydrogen-bond donors (Lipinski definition) is 2. The van der Waals surface area contributed by atoms with Crippen LogP contribution in [0.2, 0.25) is 5.02 Å². The Balaban J connectivity index is 1.16. The Hall–Kier alpha value is -3.46. The van der Waals surface area contributed by atoms with Crippen molar-refractivity contribution >= 4 is 17.5 Å². The first-order valence-electron chi connectivity index (χ1n) is 13.0. The number of piperidine rings is 1. The molecule has 2 N–H and O–H groups in total. The lowest BCUT2D eigenvalue weighted by molar-refractivity contribution is -0.00200. The number of benzene rings is 3. The normalized spacial score (nSPS) is 16.7. The summed E-state index contributed by atoms with van der Waals surface area (Å²) < 4.78 is 23.4. The monoisotopic (exact) mass is 552 g/mol. The summed E-state index contributed by atoms with van der Waals surface area (Å²) in [6.45, 7) is 2.13. The minimum absolute atomic E-state index is 0.0397. The van der Waals surface area contributed by atoms with Crippen molar-refractivity contribution in [3.8, 4) is 28.7 Å². The number of carbonyl (C=O) groups excluding carboxylic acids is 1. The van der Waals surface area contributed by atoms with Gasteiger partial charge in [0.15, 0.2) is 0 Å². The van der Waals surface area contributed by atoms with Gasteiger partial charge in [0, 0.05) is 57.0 Å². The molecule has 0 aromatic heterocycles. The van der Waals surface area contributed by atoms with Gasteiger partial charge in [-0.15, -0.1) is 0 Å². The van der Waals surface area contributed by atoms with Crippen molar-refractivity contribution in [2.45, 2.75) is 31.0 Å². The van der Waals surface area contributed by atoms with Crippen LogP contribution in [0.15, 0.2) is 60.7 Å². The van der Waals surface area contributed by atoms with Crippen molar-refractivity contribution in [3.63, 3.8) is 0 Å². The number of aliphatic hydroxyl groups excluding tert-OH is 1. The van der Waals surface area contributed by atoms with Crippen LogP contribution < -0.4 is 24.3 Å². The molecule has 5 rings (SSSR count). The van der Waals surface area contributed by atoms with Gasteiger partial charge in [0.05, 0.1) is 12.7 Å². The van der Waals surface area contributed by atoms with Gasteiger partial charge in [-0.3, -0.25) is 4.79 Å². The number of nitrogens with zero attached hydrogens (tertiary/aromatic N) is 1. The number of halogens is 1. The molecule has 0 aliphatic carbocycles. The average Bonchev–Trinajstić information content (AvgIpc) is 3.30. The fourth-order valence-corrected chi connectivity index (χ4v) is 5.34. The highest BCUT2D eigenvalue weighted by molar-refractivity contribution is 6.30. The third kappa shape index (κ3) is 6.41. The van der Waals surface area contributed by atoms with Gasteiger partial charge in [0.1, 0.15) is 47.1 Å². The standard InChI is InChI=1S/C30H33ClN2O6/c1-32-29(35)26-9-8-25(38-24-6-4-23(36-2)5-7-24)16-28(26)37-19-22(34)18-33-13-11-30(12-14-33)17-20-15-21(31)3-10-27(20)39-30/h3-10,15-16,22,34H,11-14,17-19H2,1-2H3,(H,32,35)/t22-/m0/s1. The van der Waals surface area contributed by atoms with E-state index in [0.29, 0.717) is 29.4 Å². The van der Waals surface area contributed by atoms with Crippen LogP contribution in [0.4, 0.5) is 0 Å². The minimum atomic E-state index is -0.733. The second-order valence-corrected chi connectivity index (χ2v) is 10.4. The van der Waals surface area contributed by atoms with Gasteiger partial charge >= 0.3 is 0 Å². The number of methoxy groups -OCH3 is 1. The lowest BCUT2D eigenvalue weighted by Gasteiger charge is -2.39. The molecule has 0 radical (unpaired) electrons. The highest BCUT2D eigenvalue weighted by Gasteiger charge is 2.42. The number of nitrogens with one attached hydrogen (secondary N) is 1. The summed E-state index contributed by atoms with van der Waals surface area (Å²) in [4.78, 5) is 14.6. The predicted molar refractivity (Wildman–Crippen MR) is 149 cm³/mol. The van der Waals surface area contributed by atoms with Crippen molar-refractivity contribution in [1.82, 2.24) is 10.2 Å². The van der Waals surface area contributed by atoms with Gasteiger partial charge in [-0.25, -0.2) is 0 Å². The van der Waals surface area contributed by atoms with Crippen LogP contribution in [0, 0.1) is 0 Å². The SMILES string of the molecule is CNC(=O)c1ccc(Oc2ccc(OC)cc2)cc1OC[C@@H](O)CN1CCC2(CC1)Cc1cc(Cl)ccc1O2. The van der Waals surface area contributed by atoms with E-state index in [0.717, 1.165) is 54.4 Å². The topological polar surface area (TPSA) is 89.5 Å². The number of β-amino-alcohol motifs (C(OH)–C–C–N with tert-alkyl or cyclic N) is 1. The first kappa shape index (κ1) is 27.1. The molecule has 0 unspecified atom stereocenters. The number of likely N-dealkylation sites (tertiary alicyclic amines) is 1. The maximum atomic E-state index is 12.4. The zero-order valence-corrected chi connectivity index (χ0v) is 22.9. The molecule has 0 saturated carbocycles.